The lowest BCUT2D eigenvalue weighted by molar-refractivity contribution is 1.19. The van der Waals surface area contributed by atoms with Gasteiger partial charge in [0.05, 0.1) is 9.85 Å². The van der Waals surface area contributed by atoms with E-state index in [9.17, 15) is 0 Å². The second-order valence-corrected chi connectivity index (χ2v) is 7.35. The van der Waals surface area contributed by atoms with Crippen molar-refractivity contribution in [3.8, 4) is 0 Å². The summed E-state index contributed by atoms with van der Waals surface area (Å²) in [6.07, 6.45) is 0. The van der Waals surface area contributed by atoms with Gasteiger partial charge >= 0.3 is 0 Å². The highest BCUT2D eigenvalue weighted by atomic mass is 79.9. The Morgan fingerprint density at radius 3 is 2.59 bits per heavy atom. The third-order valence-electron chi connectivity index (χ3n) is 2.56. The molecule has 1 aromatic carbocycles. The highest BCUT2D eigenvalue weighted by molar-refractivity contribution is 9.10. The van der Waals surface area contributed by atoms with E-state index in [1.165, 1.54) is 15.3 Å². The topological polar surface area (TPSA) is 0 Å². The number of aryl methyl sites for hydroxylation is 2. The molecule has 4 heteroatoms. The number of alkyl halides is 1. The summed E-state index contributed by atoms with van der Waals surface area (Å²) in [5, 5.41) is 0.778. The van der Waals surface area contributed by atoms with Crippen molar-refractivity contribution >= 4 is 54.8 Å². The first-order chi connectivity index (χ1) is 8.00. The van der Waals surface area contributed by atoms with Gasteiger partial charge in [0.1, 0.15) is 0 Å². The smallest absolute Gasteiger partial charge is 0.0755 e. The highest BCUT2D eigenvalue weighted by Gasteiger charge is 2.18. The summed E-state index contributed by atoms with van der Waals surface area (Å²) in [7, 11) is 0. The normalized spacial score (nSPS) is 12.8. The molecule has 1 aromatic heterocycles. The number of halogens is 3. The van der Waals surface area contributed by atoms with Crippen LogP contribution >= 0.6 is 54.8 Å². The van der Waals surface area contributed by atoms with E-state index in [2.05, 4.69) is 57.8 Å². The molecule has 17 heavy (non-hydrogen) atoms. The fourth-order valence-electron chi connectivity index (χ4n) is 1.77. The van der Waals surface area contributed by atoms with E-state index in [0.717, 1.165) is 15.1 Å². The zero-order valence-electron chi connectivity index (χ0n) is 9.43. The molecule has 0 saturated heterocycles. The quantitative estimate of drug-likeness (QED) is 0.527. The molecule has 0 radical (unpaired) electrons. The maximum Gasteiger partial charge on any atom is 0.0755 e. The molecule has 90 valence electrons. The van der Waals surface area contributed by atoms with E-state index in [-0.39, 0.29) is 4.83 Å². The van der Waals surface area contributed by atoms with Crippen molar-refractivity contribution in [2.45, 2.75) is 18.7 Å². The highest BCUT2D eigenvalue weighted by Crippen LogP contribution is 2.42. The Bertz CT molecular complexity index is 548. The van der Waals surface area contributed by atoms with Crippen LogP contribution in [0.15, 0.2) is 28.7 Å². The molecule has 0 spiro atoms. The molecule has 0 aliphatic carbocycles. The molecule has 0 fully saturated rings. The molecule has 0 bridgehead atoms. The number of rotatable bonds is 2. The molecule has 0 aliphatic rings. The van der Waals surface area contributed by atoms with Gasteiger partial charge in [-0.25, -0.2) is 0 Å². The fourth-order valence-corrected chi connectivity index (χ4v) is 4.57. The minimum Gasteiger partial charge on any atom is -0.144 e. The van der Waals surface area contributed by atoms with Gasteiger partial charge < -0.3 is 0 Å². The summed E-state index contributed by atoms with van der Waals surface area (Å²) in [5.74, 6) is 0. The minimum absolute atomic E-state index is 0.159. The number of hydrogen-bond acceptors (Lipinski definition) is 1. The lowest BCUT2D eigenvalue weighted by atomic mass is 10.1. The van der Waals surface area contributed by atoms with Crippen LogP contribution in [0.3, 0.4) is 0 Å². The Labute approximate surface area is 127 Å². The molecule has 0 aliphatic heterocycles. The van der Waals surface area contributed by atoms with Crippen molar-refractivity contribution in [1.29, 1.82) is 0 Å². The molecular weight excluding hydrogens is 383 g/mol. The predicted octanol–water partition coefficient (Wildman–Crippen LogP) is 6.27. The number of hydrogen-bond donors (Lipinski definition) is 0. The SMILES string of the molecule is Cc1cc(C)c(C(Br)c2cccc(Br)c2Cl)s1. The molecule has 2 rings (SSSR count). The van der Waals surface area contributed by atoms with Crippen LogP contribution in [0.4, 0.5) is 0 Å². The fraction of sp³-hybridized carbons (Fsp3) is 0.231. The van der Waals surface area contributed by atoms with Crippen LogP contribution in [0.2, 0.25) is 5.02 Å². The van der Waals surface area contributed by atoms with Crippen molar-refractivity contribution < 1.29 is 0 Å². The minimum atomic E-state index is 0.159. The molecule has 0 saturated carbocycles. The van der Waals surface area contributed by atoms with Crippen LogP contribution in [-0.2, 0) is 0 Å². The standard InChI is InChI=1S/C13H11Br2ClS/c1-7-6-8(2)17-13(7)11(15)9-4-3-5-10(14)12(9)16/h3-6,11H,1-2H3. The van der Waals surface area contributed by atoms with E-state index >= 15 is 0 Å². The summed E-state index contributed by atoms with van der Waals surface area (Å²) in [6, 6.07) is 8.23. The van der Waals surface area contributed by atoms with E-state index < -0.39 is 0 Å². The monoisotopic (exact) mass is 392 g/mol. The number of thiophene rings is 1. The maximum atomic E-state index is 6.32. The van der Waals surface area contributed by atoms with Gasteiger partial charge in [-0.1, -0.05) is 39.7 Å². The molecule has 0 nitrogen and oxygen atoms in total. The molecular formula is C13H11Br2ClS. The van der Waals surface area contributed by atoms with Gasteiger partial charge in [0, 0.05) is 14.2 Å². The van der Waals surface area contributed by atoms with Gasteiger partial charge in [-0.2, -0.15) is 0 Å². The molecule has 0 N–H and O–H groups in total. The average molecular weight is 395 g/mol. The third kappa shape index (κ3) is 2.78. The van der Waals surface area contributed by atoms with Gasteiger partial charge in [0.15, 0.2) is 0 Å². The van der Waals surface area contributed by atoms with Gasteiger partial charge in [-0.05, 0) is 53.0 Å². The third-order valence-corrected chi connectivity index (χ3v) is 6.35. The Hall–Kier alpha value is 0.170. The Morgan fingerprint density at radius 2 is 2.00 bits per heavy atom. The van der Waals surface area contributed by atoms with Crippen LogP contribution in [0, 0.1) is 13.8 Å². The summed E-state index contributed by atoms with van der Waals surface area (Å²) in [4.78, 5) is 2.81. The largest absolute Gasteiger partial charge is 0.144 e. The molecule has 2 aromatic rings. The first-order valence-electron chi connectivity index (χ1n) is 5.15. The number of benzene rings is 1. The van der Waals surface area contributed by atoms with E-state index in [4.69, 9.17) is 11.6 Å². The van der Waals surface area contributed by atoms with Crippen molar-refractivity contribution in [3.63, 3.8) is 0 Å². The van der Waals surface area contributed by atoms with E-state index in [1.807, 2.05) is 23.5 Å². The lowest BCUT2D eigenvalue weighted by Gasteiger charge is -2.12. The zero-order valence-corrected chi connectivity index (χ0v) is 14.2. The van der Waals surface area contributed by atoms with Crippen LogP contribution in [0.1, 0.15) is 25.7 Å². The maximum absolute atomic E-state index is 6.32. The molecule has 1 unspecified atom stereocenters. The summed E-state index contributed by atoms with van der Waals surface area (Å²) in [6.45, 7) is 4.27. The van der Waals surface area contributed by atoms with Crippen molar-refractivity contribution in [1.82, 2.24) is 0 Å². The molecule has 1 heterocycles. The van der Waals surface area contributed by atoms with E-state index in [1.54, 1.807) is 0 Å². The summed E-state index contributed by atoms with van der Waals surface area (Å²) in [5.41, 5.74) is 2.41. The van der Waals surface area contributed by atoms with Crippen molar-refractivity contribution in [2.75, 3.05) is 0 Å². The van der Waals surface area contributed by atoms with Gasteiger partial charge in [0.2, 0.25) is 0 Å². The molecule has 0 amide bonds. The van der Waals surface area contributed by atoms with Gasteiger partial charge in [-0.15, -0.1) is 11.3 Å². The predicted molar refractivity (Wildman–Crippen MR) is 83.7 cm³/mol. The van der Waals surface area contributed by atoms with Gasteiger partial charge in [-0.3, -0.25) is 0 Å². The van der Waals surface area contributed by atoms with E-state index in [0.29, 0.717) is 0 Å². The lowest BCUT2D eigenvalue weighted by Crippen LogP contribution is -1.93. The van der Waals surface area contributed by atoms with Crippen molar-refractivity contribution in [2.24, 2.45) is 0 Å². The molecule has 1 atom stereocenters. The van der Waals surface area contributed by atoms with Crippen LogP contribution in [0.25, 0.3) is 0 Å². The zero-order chi connectivity index (χ0) is 12.6. The first-order valence-corrected chi connectivity index (χ1v) is 8.06. The Balaban J connectivity index is 2.47. The van der Waals surface area contributed by atoms with Gasteiger partial charge in [0.25, 0.3) is 0 Å². The van der Waals surface area contributed by atoms with Crippen LogP contribution < -0.4 is 0 Å². The Kier molecular flexibility index (Phi) is 4.35. The second-order valence-electron chi connectivity index (χ2n) is 3.91. The van der Waals surface area contributed by atoms with Crippen LogP contribution in [-0.4, -0.2) is 0 Å². The summed E-state index contributed by atoms with van der Waals surface area (Å²) < 4.78 is 0.937. The first kappa shape index (κ1) is 13.6. The summed E-state index contributed by atoms with van der Waals surface area (Å²) >= 11 is 15.3. The van der Waals surface area contributed by atoms with Crippen LogP contribution in [0.5, 0.6) is 0 Å². The Morgan fingerprint density at radius 1 is 1.29 bits per heavy atom. The average Bonchev–Trinajstić information content (AvgIpc) is 2.61. The van der Waals surface area contributed by atoms with Crippen molar-refractivity contribution in [3.05, 3.63) is 54.6 Å². The second kappa shape index (κ2) is 5.43.